The highest BCUT2D eigenvalue weighted by atomic mass is 35.5. The lowest BCUT2D eigenvalue weighted by Crippen LogP contribution is -2.29. The molecule has 0 saturated carbocycles. The Morgan fingerprint density at radius 3 is 2.55 bits per heavy atom. The second-order valence-electron chi connectivity index (χ2n) is 7.36. The number of H-pyrrole nitrogens is 1. The number of thiophene rings is 1. The molecule has 1 aliphatic heterocycles. The number of amides is 1. The summed E-state index contributed by atoms with van der Waals surface area (Å²) in [5.74, 6) is -1.58. The van der Waals surface area contributed by atoms with Crippen molar-refractivity contribution < 1.29 is 14.7 Å². The number of carbonyl (C=O) groups is 2. The van der Waals surface area contributed by atoms with Crippen LogP contribution in [0.2, 0.25) is 5.02 Å². The molecule has 1 saturated heterocycles. The number of benzene rings is 2. The summed E-state index contributed by atoms with van der Waals surface area (Å²) in [4.78, 5) is 31.7. The average Bonchev–Trinajstić information content (AvgIpc) is 3.45. The van der Waals surface area contributed by atoms with Gasteiger partial charge in [0.25, 0.3) is 11.7 Å². The first kappa shape index (κ1) is 19.6. The maximum absolute atomic E-state index is 13.2. The number of ketones is 1. The number of halogens is 1. The molecule has 5 rings (SSSR count). The molecular formula is C24H17ClN2O3S. The van der Waals surface area contributed by atoms with E-state index < -0.39 is 17.7 Å². The normalized spacial score (nSPS) is 18.3. The van der Waals surface area contributed by atoms with E-state index in [1.807, 2.05) is 42.6 Å². The molecule has 0 spiro atoms. The molecule has 1 atom stereocenters. The van der Waals surface area contributed by atoms with Crippen molar-refractivity contribution in [3.05, 3.63) is 92.8 Å². The summed E-state index contributed by atoms with van der Waals surface area (Å²) < 4.78 is 0. The van der Waals surface area contributed by atoms with Gasteiger partial charge >= 0.3 is 0 Å². The van der Waals surface area contributed by atoms with Crippen LogP contribution in [0.3, 0.4) is 0 Å². The Kier molecular flexibility index (Phi) is 4.68. The van der Waals surface area contributed by atoms with Crippen LogP contribution in [0.4, 0.5) is 5.69 Å². The predicted molar refractivity (Wildman–Crippen MR) is 124 cm³/mol. The summed E-state index contributed by atoms with van der Waals surface area (Å²) in [5.41, 5.74) is 2.89. The van der Waals surface area contributed by atoms with Crippen LogP contribution in [0.5, 0.6) is 0 Å². The third-order valence-electron chi connectivity index (χ3n) is 5.54. The van der Waals surface area contributed by atoms with Crippen LogP contribution in [0.15, 0.2) is 71.7 Å². The number of hydrogen-bond acceptors (Lipinski definition) is 4. The third-order valence-corrected chi connectivity index (χ3v) is 6.87. The monoisotopic (exact) mass is 448 g/mol. The first-order chi connectivity index (χ1) is 15.0. The minimum absolute atomic E-state index is 0.0789. The number of aryl methyl sites for hydroxylation is 1. The molecule has 4 aromatic rings. The first-order valence-electron chi connectivity index (χ1n) is 9.64. The van der Waals surface area contributed by atoms with Crippen molar-refractivity contribution in [1.29, 1.82) is 0 Å². The molecule has 2 aromatic carbocycles. The first-order valence-corrected chi connectivity index (χ1v) is 10.9. The molecule has 0 aliphatic carbocycles. The number of aliphatic hydroxyl groups excluding tert-OH is 1. The second kappa shape index (κ2) is 7.41. The minimum Gasteiger partial charge on any atom is -0.507 e. The Morgan fingerprint density at radius 1 is 1.10 bits per heavy atom. The van der Waals surface area contributed by atoms with Crippen LogP contribution in [0, 0.1) is 6.92 Å². The highest BCUT2D eigenvalue weighted by Gasteiger charge is 2.48. The zero-order chi connectivity index (χ0) is 21.7. The third kappa shape index (κ3) is 3.07. The Labute approximate surface area is 187 Å². The standard InChI is InChI=1S/C24H17ClN2O3S/c1-13-10-11-31-23(13)20-19(21(28)17-12-26-18-5-3-2-4-16(17)18)22(29)24(30)27(20)15-8-6-14(25)7-9-15/h2-12,20,26,28H,1H3/b21-19+. The quantitative estimate of drug-likeness (QED) is 0.236. The van der Waals surface area contributed by atoms with Gasteiger partial charge in [-0.3, -0.25) is 14.5 Å². The van der Waals surface area contributed by atoms with E-state index in [0.717, 1.165) is 21.3 Å². The van der Waals surface area contributed by atoms with E-state index in [1.54, 1.807) is 30.5 Å². The number of hydrogen-bond donors (Lipinski definition) is 2. The molecule has 1 unspecified atom stereocenters. The van der Waals surface area contributed by atoms with E-state index in [9.17, 15) is 14.7 Å². The van der Waals surface area contributed by atoms with E-state index in [2.05, 4.69) is 4.98 Å². The molecule has 3 heterocycles. The average molecular weight is 449 g/mol. The van der Waals surface area contributed by atoms with Gasteiger partial charge in [0.2, 0.25) is 0 Å². The molecule has 2 aromatic heterocycles. The molecule has 5 nitrogen and oxygen atoms in total. The summed E-state index contributed by atoms with van der Waals surface area (Å²) in [6.45, 7) is 1.93. The molecule has 2 N–H and O–H groups in total. The lowest BCUT2D eigenvalue weighted by atomic mass is 9.98. The van der Waals surface area contributed by atoms with Crippen molar-refractivity contribution in [2.24, 2.45) is 0 Å². The summed E-state index contributed by atoms with van der Waals surface area (Å²) in [6.07, 6.45) is 1.66. The second-order valence-corrected chi connectivity index (χ2v) is 8.75. The minimum atomic E-state index is -0.727. The van der Waals surface area contributed by atoms with Gasteiger partial charge in [0.05, 0.1) is 5.57 Å². The Hall–Kier alpha value is -3.35. The maximum Gasteiger partial charge on any atom is 0.300 e. The smallest absolute Gasteiger partial charge is 0.300 e. The predicted octanol–water partition coefficient (Wildman–Crippen LogP) is 5.82. The summed E-state index contributed by atoms with van der Waals surface area (Å²) >= 11 is 7.47. The van der Waals surface area contributed by atoms with E-state index in [1.165, 1.54) is 16.2 Å². The summed E-state index contributed by atoms with van der Waals surface area (Å²) in [7, 11) is 0. The molecule has 0 bridgehead atoms. The zero-order valence-electron chi connectivity index (χ0n) is 16.4. The number of aromatic amines is 1. The largest absolute Gasteiger partial charge is 0.507 e. The Bertz CT molecular complexity index is 1370. The number of nitrogens with zero attached hydrogens (tertiary/aromatic N) is 1. The van der Waals surface area contributed by atoms with Gasteiger partial charge < -0.3 is 10.1 Å². The zero-order valence-corrected chi connectivity index (χ0v) is 18.0. The molecule has 1 amide bonds. The van der Waals surface area contributed by atoms with Crippen LogP contribution in [-0.4, -0.2) is 21.8 Å². The number of rotatable bonds is 3. The number of anilines is 1. The fraction of sp³-hybridized carbons (Fsp3) is 0.0833. The van der Waals surface area contributed by atoms with Crippen LogP contribution in [-0.2, 0) is 9.59 Å². The number of para-hydroxylation sites is 1. The SMILES string of the molecule is Cc1ccsc1C1/C(=C(\O)c2c[nH]c3ccccc23)C(=O)C(=O)N1c1ccc(Cl)cc1. The van der Waals surface area contributed by atoms with Gasteiger partial charge in [-0.05, 0) is 54.3 Å². The van der Waals surface area contributed by atoms with Crippen LogP contribution < -0.4 is 4.90 Å². The lowest BCUT2D eigenvalue weighted by Gasteiger charge is -2.25. The van der Waals surface area contributed by atoms with Crippen LogP contribution in [0.1, 0.15) is 22.0 Å². The highest BCUT2D eigenvalue weighted by Crippen LogP contribution is 2.45. The van der Waals surface area contributed by atoms with Gasteiger partial charge in [-0.15, -0.1) is 11.3 Å². The van der Waals surface area contributed by atoms with Gasteiger partial charge in [-0.1, -0.05) is 29.8 Å². The molecule has 1 aliphatic rings. The van der Waals surface area contributed by atoms with Crippen molar-refractivity contribution in [2.45, 2.75) is 13.0 Å². The highest BCUT2D eigenvalue weighted by molar-refractivity contribution is 7.10. The van der Waals surface area contributed by atoms with Gasteiger partial charge in [-0.2, -0.15) is 0 Å². The van der Waals surface area contributed by atoms with Gasteiger partial charge in [0.1, 0.15) is 11.8 Å². The number of nitrogens with one attached hydrogen (secondary N) is 1. The van der Waals surface area contributed by atoms with E-state index >= 15 is 0 Å². The van der Waals surface area contributed by atoms with Crippen molar-refractivity contribution in [1.82, 2.24) is 4.98 Å². The molecular weight excluding hydrogens is 432 g/mol. The van der Waals surface area contributed by atoms with Gasteiger partial charge in [-0.25, -0.2) is 0 Å². The van der Waals surface area contributed by atoms with Crippen molar-refractivity contribution in [2.75, 3.05) is 4.90 Å². The molecule has 31 heavy (non-hydrogen) atoms. The van der Waals surface area contributed by atoms with Crippen LogP contribution in [0.25, 0.3) is 16.7 Å². The van der Waals surface area contributed by atoms with Crippen molar-refractivity contribution in [3.63, 3.8) is 0 Å². The molecule has 0 radical (unpaired) electrons. The number of fused-ring (bicyclic) bond motifs is 1. The number of aliphatic hydroxyl groups is 1. The van der Waals surface area contributed by atoms with Gasteiger partial charge in [0.15, 0.2) is 0 Å². The summed E-state index contributed by atoms with van der Waals surface area (Å²) in [6, 6.07) is 15.5. The van der Waals surface area contributed by atoms with Gasteiger partial charge in [0, 0.05) is 38.3 Å². The summed E-state index contributed by atoms with van der Waals surface area (Å²) in [5, 5.41) is 14.5. The van der Waals surface area contributed by atoms with E-state index in [-0.39, 0.29) is 11.3 Å². The fourth-order valence-corrected chi connectivity index (χ4v) is 5.18. The van der Waals surface area contributed by atoms with E-state index in [0.29, 0.717) is 16.3 Å². The molecule has 154 valence electrons. The number of carbonyl (C=O) groups excluding carboxylic acids is 2. The van der Waals surface area contributed by atoms with Crippen molar-refractivity contribution >= 4 is 57.0 Å². The van der Waals surface area contributed by atoms with Crippen LogP contribution >= 0.6 is 22.9 Å². The topological polar surface area (TPSA) is 73.4 Å². The fourth-order valence-electron chi connectivity index (χ4n) is 4.03. The molecule has 7 heteroatoms. The molecule has 1 fully saturated rings. The Balaban J connectivity index is 1.76. The maximum atomic E-state index is 13.2. The number of aromatic nitrogens is 1. The Morgan fingerprint density at radius 2 is 1.84 bits per heavy atom. The lowest BCUT2D eigenvalue weighted by molar-refractivity contribution is -0.132. The van der Waals surface area contributed by atoms with E-state index in [4.69, 9.17) is 11.6 Å². The number of Topliss-reactive ketones (excluding diaryl/α,β-unsaturated/α-hetero) is 1. The van der Waals surface area contributed by atoms with Crippen molar-refractivity contribution in [3.8, 4) is 0 Å².